The summed E-state index contributed by atoms with van der Waals surface area (Å²) in [6.07, 6.45) is 3.67. The third kappa shape index (κ3) is 4.05. The first kappa shape index (κ1) is 15.7. The van der Waals surface area contributed by atoms with Gasteiger partial charge in [-0.05, 0) is 32.2 Å². The molecule has 1 aromatic rings. The molecule has 19 heavy (non-hydrogen) atoms. The highest BCUT2D eigenvalue weighted by molar-refractivity contribution is 5.55. The maximum atomic E-state index is 10.9. The Labute approximate surface area is 117 Å². The Morgan fingerprint density at radius 2 is 1.95 bits per heavy atom. The van der Waals surface area contributed by atoms with Crippen molar-refractivity contribution in [3.63, 3.8) is 0 Å². The maximum absolute atomic E-state index is 10.9. The van der Waals surface area contributed by atoms with E-state index in [1.165, 1.54) is 0 Å². The zero-order valence-corrected chi connectivity index (χ0v) is 12.4. The standard InChI is InChI=1S/C17H25NO/c1-6-17(19,15(3)13-18(4)5)14(2)12-16-10-8-7-9-11-16/h6-12,15,19H,1,13H2,2-5H3. The van der Waals surface area contributed by atoms with Gasteiger partial charge in [0.15, 0.2) is 0 Å². The zero-order chi connectivity index (χ0) is 14.5. The minimum absolute atomic E-state index is 0.0833. The second kappa shape index (κ2) is 6.69. The second-order valence-corrected chi connectivity index (χ2v) is 5.43. The summed E-state index contributed by atoms with van der Waals surface area (Å²) in [5.41, 5.74) is 1.04. The molecule has 0 aliphatic heterocycles. The predicted molar refractivity (Wildman–Crippen MR) is 83.0 cm³/mol. The van der Waals surface area contributed by atoms with Crippen LogP contribution in [0.1, 0.15) is 19.4 Å². The van der Waals surface area contributed by atoms with E-state index in [9.17, 15) is 5.11 Å². The molecule has 0 saturated heterocycles. The van der Waals surface area contributed by atoms with Gasteiger partial charge in [0, 0.05) is 12.5 Å². The highest BCUT2D eigenvalue weighted by atomic mass is 16.3. The van der Waals surface area contributed by atoms with E-state index >= 15 is 0 Å². The van der Waals surface area contributed by atoms with Crippen LogP contribution in [0.2, 0.25) is 0 Å². The topological polar surface area (TPSA) is 23.5 Å². The van der Waals surface area contributed by atoms with Crippen molar-refractivity contribution in [3.05, 3.63) is 54.1 Å². The van der Waals surface area contributed by atoms with Gasteiger partial charge in [-0.1, -0.05) is 56.0 Å². The van der Waals surface area contributed by atoms with Gasteiger partial charge in [-0.15, -0.1) is 0 Å². The number of hydrogen-bond donors (Lipinski definition) is 1. The van der Waals surface area contributed by atoms with Crippen LogP contribution in [0.3, 0.4) is 0 Å². The van der Waals surface area contributed by atoms with Crippen molar-refractivity contribution >= 4 is 6.08 Å². The van der Waals surface area contributed by atoms with Gasteiger partial charge in [0.1, 0.15) is 5.60 Å². The van der Waals surface area contributed by atoms with Crippen LogP contribution < -0.4 is 0 Å². The third-order valence-electron chi connectivity index (χ3n) is 3.52. The first-order valence-corrected chi connectivity index (χ1v) is 6.64. The van der Waals surface area contributed by atoms with E-state index in [2.05, 4.69) is 11.5 Å². The van der Waals surface area contributed by atoms with Crippen LogP contribution in [0.4, 0.5) is 0 Å². The lowest BCUT2D eigenvalue weighted by Crippen LogP contribution is -2.40. The summed E-state index contributed by atoms with van der Waals surface area (Å²) < 4.78 is 0. The van der Waals surface area contributed by atoms with E-state index in [0.29, 0.717) is 0 Å². The molecule has 2 unspecified atom stereocenters. The summed E-state index contributed by atoms with van der Waals surface area (Å²) in [6, 6.07) is 10.0. The molecule has 0 fully saturated rings. The summed E-state index contributed by atoms with van der Waals surface area (Å²) in [5, 5.41) is 10.9. The second-order valence-electron chi connectivity index (χ2n) is 5.43. The van der Waals surface area contributed by atoms with Crippen LogP contribution >= 0.6 is 0 Å². The fourth-order valence-electron chi connectivity index (χ4n) is 2.35. The van der Waals surface area contributed by atoms with Crippen molar-refractivity contribution in [2.24, 2.45) is 5.92 Å². The Kier molecular flexibility index (Phi) is 5.52. The molecule has 0 amide bonds. The van der Waals surface area contributed by atoms with Crippen molar-refractivity contribution < 1.29 is 5.11 Å². The maximum Gasteiger partial charge on any atom is 0.107 e. The minimum atomic E-state index is -0.972. The molecule has 0 spiro atoms. The van der Waals surface area contributed by atoms with Gasteiger partial charge in [-0.25, -0.2) is 0 Å². The van der Waals surface area contributed by atoms with Crippen LogP contribution in [0, 0.1) is 5.92 Å². The Bertz CT molecular complexity index is 436. The first-order chi connectivity index (χ1) is 8.90. The fraction of sp³-hybridized carbons (Fsp3) is 0.412. The van der Waals surface area contributed by atoms with Gasteiger partial charge in [0.2, 0.25) is 0 Å². The summed E-state index contributed by atoms with van der Waals surface area (Å²) in [5.74, 6) is 0.0833. The van der Waals surface area contributed by atoms with Crippen LogP contribution in [0.5, 0.6) is 0 Å². The summed E-state index contributed by atoms with van der Waals surface area (Å²) in [6.45, 7) is 8.63. The van der Waals surface area contributed by atoms with E-state index in [1.54, 1.807) is 6.08 Å². The molecular formula is C17H25NO. The number of hydrogen-bond acceptors (Lipinski definition) is 2. The summed E-state index contributed by atoms with van der Waals surface area (Å²) >= 11 is 0. The lowest BCUT2D eigenvalue weighted by Gasteiger charge is -2.34. The Balaban J connectivity index is 3.01. The average Bonchev–Trinajstić information content (AvgIpc) is 2.37. The van der Waals surface area contributed by atoms with Crippen molar-refractivity contribution in [3.8, 4) is 0 Å². The lowest BCUT2D eigenvalue weighted by molar-refractivity contribution is 0.0596. The zero-order valence-electron chi connectivity index (χ0n) is 12.4. The lowest BCUT2D eigenvalue weighted by atomic mass is 9.81. The van der Waals surface area contributed by atoms with Crippen LogP contribution in [0.25, 0.3) is 6.08 Å². The highest BCUT2D eigenvalue weighted by Gasteiger charge is 2.32. The van der Waals surface area contributed by atoms with Gasteiger partial charge >= 0.3 is 0 Å². The summed E-state index contributed by atoms with van der Waals surface area (Å²) in [4.78, 5) is 2.08. The Hall–Kier alpha value is -1.38. The summed E-state index contributed by atoms with van der Waals surface area (Å²) in [7, 11) is 4.02. The Morgan fingerprint density at radius 3 is 2.42 bits per heavy atom. The van der Waals surface area contributed by atoms with Crippen molar-refractivity contribution in [1.29, 1.82) is 0 Å². The normalized spacial score (nSPS) is 17.1. The molecule has 0 heterocycles. The van der Waals surface area contributed by atoms with E-state index in [0.717, 1.165) is 17.7 Å². The van der Waals surface area contributed by atoms with Crippen molar-refractivity contribution in [2.75, 3.05) is 20.6 Å². The van der Waals surface area contributed by atoms with Crippen LogP contribution in [0.15, 0.2) is 48.6 Å². The van der Waals surface area contributed by atoms with E-state index in [-0.39, 0.29) is 5.92 Å². The van der Waals surface area contributed by atoms with Gasteiger partial charge in [0.05, 0.1) is 0 Å². The minimum Gasteiger partial charge on any atom is -0.381 e. The van der Waals surface area contributed by atoms with Crippen LogP contribution in [-0.4, -0.2) is 36.2 Å². The monoisotopic (exact) mass is 259 g/mol. The molecule has 0 aliphatic rings. The molecule has 0 bridgehead atoms. The molecule has 104 valence electrons. The van der Waals surface area contributed by atoms with E-state index < -0.39 is 5.60 Å². The molecule has 2 atom stereocenters. The molecule has 0 aromatic heterocycles. The van der Waals surface area contributed by atoms with Gasteiger partial charge in [0.25, 0.3) is 0 Å². The molecule has 1 rings (SSSR count). The molecule has 1 aromatic carbocycles. The van der Waals surface area contributed by atoms with Gasteiger partial charge in [-0.3, -0.25) is 0 Å². The van der Waals surface area contributed by atoms with Gasteiger partial charge < -0.3 is 10.0 Å². The fourth-order valence-corrected chi connectivity index (χ4v) is 2.35. The van der Waals surface area contributed by atoms with Gasteiger partial charge in [-0.2, -0.15) is 0 Å². The molecular weight excluding hydrogens is 234 g/mol. The number of rotatable bonds is 6. The van der Waals surface area contributed by atoms with Crippen molar-refractivity contribution in [1.82, 2.24) is 4.90 Å². The predicted octanol–water partition coefficient (Wildman–Crippen LogP) is 3.20. The molecule has 0 radical (unpaired) electrons. The van der Waals surface area contributed by atoms with Crippen LogP contribution in [-0.2, 0) is 0 Å². The largest absolute Gasteiger partial charge is 0.381 e. The quantitative estimate of drug-likeness (QED) is 0.793. The van der Waals surface area contributed by atoms with E-state index in [1.807, 2.05) is 64.4 Å². The molecule has 2 nitrogen and oxygen atoms in total. The van der Waals surface area contributed by atoms with E-state index in [4.69, 9.17) is 0 Å². The number of aliphatic hydroxyl groups is 1. The SMILES string of the molecule is C=CC(O)(C(C)=Cc1ccccc1)C(C)CN(C)C. The first-order valence-electron chi connectivity index (χ1n) is 6.64. The molecule has 0 saturated carbocycles. The van der Waals surface area contributed by atoms with Crippen molar-refractivity contribution in [2.45, 2.75) is 19.4 Å². The Morgan fingerprint density at radius 1 is 1.37 bits per heavy atom. The molecule has 2 heteroatoms. The number of benzene rings is 1. The smallest absolute Gasteiger partial charge is 0.107 e. The average molecular weight is 259 g/mol. The molecule has 0 aliphatic carbocycles. The third-order valence-corrected chi connectivity index (χ3v) is 3.52. The molecule has 1 N–H and O–H groups in total. The highest BCUT2D eigenvalue weighted by Crippen LogP contribution is 2.29. The number of nitrogens with zero attached hydrogens (tertiary/aromatic N) is 1.